The van der Waals surface area contributed by atoms with E-state index in [0.717, 1.165) is 30.5 Å². The van der Waals surface area contributed by atoms with Crippen molar-refractivity contribution in [2.75, 3.05) is 0 Å². The summed E-state index contributed by atoms with van der Waals surface area (Å²) in [6.45, 7) is 19.5. The minimum absolute atomic E-state index is 0.377. The van der Waals surface area contributed by atoms with E-state index < -0.39 is 0 Å². The Labute approximate surface area is 150 Å². The normalized spacial score (nSPS) is 10.8. The summed E-state index contributed by atoms with van der Waals surface area (Å²) in [6.07, 6.45) is 9.32. The molecule has 24 heavy (non-hydrogen) atoms. The molecular weight excluding hydrogens is 290 g/mol. The SMILES string of the molecule is C=C(C)CC(C)C(C)=N.C=CCC/C=C/C.Cc1ccc(C)cc1. The Morgan fingerprint density at radius 3 is 1.79 bits per heavy atom. The maximum absolute atomic E-state index is 7.25. The van der Waals surface area contributed by atoms with Crippen molar-refractivity contribution in [1.82, 2.24) is 0 Å². The molecule has 0 amide bonds. The van der Waals surface area contributed by atoms with Gasteiger partial charge in [0.15, 0.2) is 0 Å². The zero-order valence-electron chi connectivity index (χ0n) is 16.7. The van der Waals surface area contributed by atoms with Crippen molar-refractivity contribution in [1.29, 1.82) is 5.41 Å². The molecule has 0 radical (unpaired) electrons. The van der Waals surface area contributed by atoms with Gasteiger partial charge in [-0.15, -0.1) is 13.2 Å². The molecule has 1 aromatic rings. The summed E-state index contributed by atoms with van der Waals surface area (Å²) in [5, 5.41) is 7.25. The van der Waals surface area contributed by atoms with Gasteiger partial charge in [-0.2, -0.15) is 0 Å². The first kappa shape index (κ1) is 24.4. The third-order valence-electron chi connectivity index (χ3n) is 3.39. The molecule has 0 bridgehead atoms. The average Bonchev–Trinajstić information content (AvgIpc) is 2.51. The Morgan fingerprint density at radius 1 is 1.08 bits per heavy atom. The smallest absolute Gasteiger partial charge is 0.00895 e. The van der Waals surface area contributed by atoms with Crippen LogP contribution in [-0.4, -0.2) is 5.71 Å². The Kier molecular flexibility index (Phi) is 16.2. The van der Waals surface area contributed by atoms with Gasteiger partial charge in [-0.05, 0) is 59.8 Å². The largest absolute Gasteiger partial charge is 0.310 e. The quantitative estimate of drug-likeness (QED) is 0.318. The first-order valence-electron chi connectivity index (χ1n) is 8.69. The highest BCUT2D eigenvalue weighted by Crippen LogP contribution is 2.09. The van der Waals surface area contributed by atoms with Crippen molar-refractivity contribution >= 4 is 5.71 Å². The maximum Gasteiger partial charge on any atom is 0.00895 e. The highest BCUT2D eigenvalue weighted by molar-refractivity contribution is 5.81. The van der Waals surface area contributed by atoms with Gasteiger partial charge >= 0.3 is 0 Å². The van der Waals surface area contributed by atoms with Crippen LogP contribution in [0.5, 0.6) is 0 Å². The van der Waals surface area contributed by atoms with Crippen LogP contribution < -0.4 is 0 Å². The molecule has 1 rings (SSSR count). The van der Waals surface area contributed by atoms with E-state index in [1.165, 1.54) is 11.1 Å². The zero-order chi connectivity index (χ0) is 19.0. The van der Waals surface area contributed by atoms with E-state index in [1.54, 1.807) is 0 Å². The summed E-state index contributed by atoms with van der Waals surface area (Å²) in [4.78, 5) is 0. The summed E-state index contributed by atoms with van der Waals surface area (Å²) in [6, 6.07) is 8.48. The number of rotatable bonds is 6. The molecule has 1 aromatic carbocycles. The minimum atomic E-state index is 0.377. The van der Waals surface area contributed by atoms with Crippen LogP contribution in [0.3, 0.4) is 0 Å². The van der Waals surface area contributed by atoms with E-state index in [-0.39, 0.29) is 0 Å². The van der Waals surface area contributed by atoms with E-state index in [9.17, 15) is 0 Å². The molecular formula is C23H37N. The standard InChI is InChI=1S/C8H15N.C8H10.C7H12/c1-6(2)5-7(3)8(4)9;1-7-3-5-8(2)6-4-7;1-3-5-7-6-4-2/h7,9H,1,5H2,2-4H3;3-6H,1-2H3;3-4,6H,1,5,7H2,2H3/b;;6-4+. The van der Waals surface area contributed by atoms with Crippen LogP contribution in [0.2, 0.25) is 0 Å². The van der Waals surface area contributed by atoms with E-state index in [4.69, 9.17) is 5.41 Å². The number of hydrogen-bond donors (Lipinski definition) is 1. The molecule has 0 aromatic heterocycles. The maximum atomic E-state index is 7.25. The molecule has 0 aliphatic heterocycles. The summed E-state index contributed by atoms with van der Waals surface area (Å²) in [7, 11) is 0. The van der Waals surface area contributed by atoms with Crippen molar-refractivity contribution in [3.8, 4) is 0 Å². The molecule has 0 aliphatic rings. The topological polar surface area (TPSA) is 23.9 Å². The van der Waals surface area contributed by atoms with Crippen LogP contribution in [0.4, 0.5) is 0 Å². The Balaban J connectivity index is 0. The van der Waals surface area contributed by atoms with Crippen LogP contribution in [0, 0.1) is 25.2 Å². The molecule has 1 heteroatoms. The Morgan fingerprint density at radius 2 is 1.54 bits per heavy atom. The second kappa shape index (κ2) is 16.0. The predicted octanol–water partition coefficient (Wildman–Crippen LogP) is 7.46. The lowest BCUT2D eigenvalue weighted by atomic mass is 9.99. The monoisotopic (exact) mass is 327 g/mol. The molecule has 0 saturated carbocycles. The highest BCUT2D eigenvalue weighted by atomic mass is 14.4. The minimum Gasteiger partial charge on any atom is -0.310 e. The van der Waals surface area contributed by atoms with E-state index in [1.807, 2.05) is 26.8 Å². The van der Waals surface area contributed by atoms with Crippen LogP contribution in [-0.2, 0) is 0 Å². The average molecular weight is 328 g/mol. The Bertz CT molecular complexity index is 470. The van der Waals surface area contributed by atoms with Gasteiger partial charge in [0.25, 0.3) is 0 Å². The molecule has 1 atom stereocenters. The second-order valence-electron chi connectivity index (χ2n) is 6.34. The summed E-state index contributed by atoms with van der Waals surface area (Å²) in [5.41, 5.74) is 4.57. The van der Waals surface area contributed by atoms with Crippen LogP contribution in [0.15, 0.2) is 61.2 Å². The number of hydrogen-bond acceptors (Lipinski definition) is 1. The predicted molar refractivity (Wildman–Crippen MR) is 112 cm³/mol. The van der Waals surface area contributed by atoms with Gasteiger partial charge in [0, 0.05) is 5.71 Å². The lowest BCUT2D eigenvalue weighted by Crippen LogP contribution is -2.04. The Hall–Kier alpha value is -1.89. The van der Waals surface area contributed by atoms with Crippen LogP contribution in [0.25, 0.3) is 0 Å². The van der Waals surface area contributed by atoms with Crippen LogP contribution >= 0.6 is 0 Å². The first-order chi connectivity index (χ1) is 11.2. The van der Waals surface area contributed by atoms with E-state index >= 15 is 0 Å². The molecule has 134 valence electrons. The first-order valence-corrected chi connectivity index (χ1v) is 8.69. The summed E-state index contributed by atoms with van der Waals surface area (Å²) in [5.74, 6) is 0.377. The van der Waals surface area contributed by atoms with Gasteiger partial charge in [-0.3, -0.25) is 0 Å². The van der Waals surface area contributed by atoms with Crippen molar-refractivity contribution in [2.45, 2.75) is 60.8 Å². The van der Waals surface area contributed by atoms with Crippen molar-refractivity contribution in [3.05, 3.63) is 72.4 Å². The lowest BCUT2D eigenvalue weighted by molar-refractivity contribution is 0.752. The number of benzene rings is 1. The molecule has 0 saturated heterocycles. The molecule has 0 aliphatic carbocycles. The molecule has 0 heterocycles. The van der Waals surface area contributed by atoms with Gasteiger partial charge in [0.2, 0.25) is 0 Å². The van der Waals surface area contributed by atoms with Gasteiger partial charge < -0.3 is 5.41 Å². The van der Waals surface area contributed by atoms with Gasteiger partial charge in [0.05, 0.1) is 0 Å². The molecule has 0 spiro atoms. The number of unbranched alkanes of at least 4 members (excludes halogenated alkanes) is 1. The fourth-order valence-electron chi connectivity index (χ4n) is 1.69. The van der Waals surface area contributed by atoms with Crippen molar-refractivity contribution in [3.63, 3.8) is 0 Å². The third-order valence-corrected chi connectivity index (χ3v) is 3.39. The number of allylic oxidation sites excluding steroid dienone is 4. The third kappa shape index (κ3) is 18.2. The fourth-order valence-corrected chi connectivity index (χ4v) is 1.69. The number of aryl methyl sites for hydroxylation is 2. The molecule has 1 N–H and O–H groups in total. The second-order valence-corrected chi connectivity index (χ2v) is 6.34. The van der Waals surface area contributed by atoms with Crippen LogP contribution in [0.1, 0.15) is 58.1 Å². The lowest BCUT2D eigenvalue weighted by Gasteiger charge is -2.07. The molecule has 0 fully saturated rings. The summed E-state index contributed by atoms with van der Waals surface area (Å²) >= 11 is 0. The highest BCUT2D eigenvalue weighted by Gasteiger charge is 2.02. The van der Waals surface area contributed by atoms with Crippen molar-refractivity contribution in [2.24, 2.45) is 5.92 Å². The van der Waals surface area contributed by atoms with Crippen molar-refractivity contribution < 1.29 is 0 Å². The zero-order valence-corrected chi connectivity index (χ0v) is 16.7. The van der Waals surface area contributed by atoms with E-state index in [2.05, 4.69) is 70.3 Å². The molecule has 1 unspecified atom stereocenters. The van der Waals surface area contributed by atoms with Gasteiger partial charge in [0.1, 0.15) is 0 Å². The summed E-state index contributed by atoms with van der Waals surface area (Å²) < 4.78 is 0. The van der Waals surface area contributed by atoms with Gasteiger partial charge in [-0.1, -0.05) is 66.1 Å². The fraction of sp³-hybridized carbons (Fsp3) is 0.435. The van der Waals surface area contributed by atoms with Gasteiger partial charge in [-0.25, -0.2) is 0 Å². The number of nitrogens with one attached hydrogen (secondary N) is 1. The van der Waals surface area contributed by atoms with E-state index in [0.29, 0.717) is 5.92 Å². The molecule has 1 nitrogen and oxygen atoms in total.